The summed E-state index contributed by atoms with van der Waals surface area (Å²) in [6.07, 6.45) is 4.34. The second-order valence-electron chi connectivity index (χ2n) is 5.61. The van der Waals surface area contributed by atoms with Crippen molar-refractivity contribution in [2.24, 2.45) is 0 Å². The van der Waals surface area contributed by atoms with E-state index in [0.29, 0.717) is 9.59 Å². The Bertz CT molecular complexity index is 1100. The van der Waals surface area contributed by atoms with E-state index in [2.05, 4.69) is 10.1 Å². The van der Waals surface area contributed by atoms with Gasteiger partial charge in [-0.05, 0) is 23.8 Å². The Labute approximate surface area is 160 Å². The van der Waals surface area contributed by atoms with Crippen LogP contribution in [0.4, 0.5) is 0 Å². The van der Waals surface area contributed by atoms with Gasteiger partial charge in [-0.1, -0.05) is 35.0 Å². The van der Waals surface area contributed by atoms with Gasteiger partial charge >= 0.3 is 5.69 Å². The second-order valence-corrected chi connectivity index (χ2v) is 6.04. The van der Waals surface area contributed by atoms with Crippen molar-refractivity contribution in [2.75, 3.05) is 0 Å². The monoisotopic (exact) mass is 380 g/mol. The highest BCUT2D eigenvalue weighted by Gasteiger charge is 2.19. The molecule has 2 heterocycles. The zero-order valence-electron chi connectivity index (χ0n) is 13.8. The van der Waals surface area contributed by atoms with Gasteiger partial charge in [-0.15, -0.1) is 0 Å². The Kier molecular flexibility index (Phi) is 5.20. The first-order valence-electron chi connectivity index (χ1n) is 7.63. The molecule has 3 aromatic rings. The molecule has 0 unspecified atom stereocenters. The van der Waals surface area contributed by atoms with Gasteiger partial charge in [-0.2, -0.15) is 4.98 Å². The number of aliphatic hydroxyl groups is 1. The molecule has 8 nitrogen and oxygen atoms in total. The summed E-state index contributed by atoms with van der Waals surface area (Å²) in [6, 6.07) is 8.14. The maximum atomic E-state index is 12.3. The molecule has 0 spiro atoms. The lowest BCUT2D eigenvalue weighted by molar-refractivity contribution is 0.132. The third kappa shape index (κ3) is 4.47. The van der Waals surface area contributed by atoms with E-state index >= 15 is 0 Å². The van der Waals surface area contributed by atoms with Crippen LogP contribution in [-0.2, 0) is 12.1 Å². The standard InChI is InChI=1S/C16H11B2ClN4O4/c17-16(18,26)23-8-7-14(24)22(15(23)25)9-13-20-12(21-27-13)6-3-10-1-4-11(19)5-2-10/h1-8,26H,9H2/b6-3+. The van der Waals surface area contributed by atoms with E-state index in [4.69, 9.17) is 31.8 Å². The molecule has 0 aliphatic heterocycles. The Morgan fingerprint density at radius 2 is 1.89 bits per heavy atom. The van der Waals surface area contributed by atoms with E-state index < -0.39 is 16.8 Å². The fourth-order valence-corrected chi connectivity index (χ4v) is 2.34. The third-order valence-corrected chi connectivity index (χ3v) is 3.78. The highest BCUT2D eigenvalue weighted by Crippen LogP contribution is 2.12. The van der Waals surface area contributed by atoms with Crippen LogP contribution in [0.5, 0.6) is 0 Å². The van der Waals surface area contributed by atoms with Crippen LogP contribution in [0.1, 0.15) is 17.3 Å². The Balaban J connectivity index is 1.83. The average molecular weight is 380 g/mol. The number of benzene rings is 1. The lowest BCUT2D eigenvalue weighted by Crippen LogP contribution is -2.48. The number of halogens is 1. The average Bonchev–Trinajstić information content (AvgIpc) is 3.04. The molecular weight excluding hydrogens is 369 g/mol. The lowest BCUT2D eigenvalue weighted by atomic mass is 9.73. The van der Waals surface area contributed by atoms with Crippen LogP contribution in [0, 0.1) is 0 Å². The van der Waals surface area contributed by atoms with Gasteiger partial charge in [0.2, 0.25) is 5.89 Å². The van der Waals surface area contributed by atoms with Crippen LogP contribution in [0.25, 0.3) is 12.2 Å². The number of nitrogens with zero attached hydrogens (tertiary/aromatic N) is 4. The normalized spacial score (nSPS) is 11.9. The van der Waals surface area contributed by atoms with Crippen LogP contribution in [-0.4, -0.2) is 40.1 Å². The van der Waals surface area contributed by atoms with Crippen molar-refractivity contribution in [3.63, 3.8) is 0 Å². The van der Waals surface area contributed by atoms with Crippen molar-refractivity contribution in [3.05, 3.63) is 79.7 Å². The molecule has 132 valence electrons. The molecule has 0 amide bonds. The van der Waals surface area contributed by atoms with Crippen molar-refractivity contribution in [3.8, 4) is 0 Å². The third-order valence-electron chi connectivity index (χ3n) is 3.53. The molecule has 0 bridgehead atoms. The number of hydrogen-bond donors (Lipinski definition) is 1. The minimum Gasteiger partial charge on any atom is -0.389 e. The van der Waals surface area contributed by atoms with Crippen LogP contribution in [0.15, 0.2) is 50.6 Å². The molecule has 0 saturated carbocycles. The molecule has 0 atom stereocenters. The fourth-order valence-electron chi connectivity index (χ4n) is 2.21. The number of hydrogen-bond acceptors (Lipinski definition) is 6. The Morgan fingerprint density at radius 3 is 2.56 bits per heavy atom. The van der Waals surface area contributed by atoms with Crippen LogP contribution in [0.3, 0.4) is 0 Å². The first-order chi connectivity index (χ1) is 12.7. The summed E-state index contributed by atoms with van der Waals surface area (Å²) in [5.41, 5.74) is -3.14. The summed E-state index contributed by atoms with van der Waals surface area (Å²) in [6.45, 7) is -0.309. The number of rotatable bonds is 5. The first-order valence-corrected chi connectivity index (χ1v) is 8.01. The van der Waals surface area contributed by atoms with E-state index in [1.807, 2.05) is 12.1 Å². The van der Waals surface area contributed by atoms with E-state index in [1.54, 1.807) is 24.3 Å². The number of aromatic nitrogens is 4. The van der Waals surface area contributed by atoms with E-state index in [1.165, 1.54) is 0 Å². The van der Waals surface area contributed by atoms with Crippen molar-refractivity contribution in [2.45, 2.75) is 12.1 Å². The molecule has 1 N–H and O–H groups in total. The topological polar surface area (TPSA) is 103 Å². The Morgan fingerprint density at radius 1 is 1.19 bits per heavy atom. The molecule has 0 aliphatic rings. The molecule has 1 aromatic carbocycles. The van der Waals surface area contributed by atoms with E-state index in [-0.39, 0.29) is 18.3 Å². The van der Waals surface area contributed by atoms with Crippen molar-refractivity contribution in [1.82, 2.24) is 19.3 Å². The molecule has 0 aliphatic carbocycles. The van der Waals surface area contributed by atoms with Crippen LogP contribution < -0.4 is 11.2 Å². The summed E-state index contributed by atoms with van der Waals surface area (Å²) in [4.78, 5) is 28.3. The summed E-state index contributed by atoms with van der Waals surface area (Å²) >= 11 is 5.82. The quantitative estimate of drug-likeness (QED) is 0.633. The summed E-state index contributed by atoms with van der Waals surface area (Å²) in [7, 11) is 10.6. The van der Waals surface area contributed by atoms with Gasteiger partial charge in [0.25, 0.3) is 5.56 Å². The van der Waals surface area contributed by atoms with Crippen molar-refractivity contribution < 1.29 is 9.63 Å². The molecule has 27 heavy (non-hydrogen) atoms. The zero-order chi connectivity index (χ0) is 19.6. The van der Waals surface area contributed by atoms with Gasteiger partial charge in [-0.3, -0.25) is 13.9 Å². The van der Waals surface area contributed by atoms with Crippen molar-refractivity contribution in [1.29, 1.82) is 0 Å². The fraction of sp³-hybridized carbons (Fsp3) is 0.125. The minimum absolute atomic E-state index is 0.0142. The molecule has 0 fully saturated rings. The zero-order valence-corrected chi connectivity index (χ0v) is 14.6. The van der Waals surface area contributed by atoms with Gasteiger partial charge in [0.1, 0.15) is 22.2 Å². The Hall–Kier alpha value is -2.84. The van der Waals surface area contributed by atoms with Gasteiger partial charge in [0, 0.05) is 17.3 Å². The second kappa shape index (κ2) is 7.42. The first kappa shape index (κ1) is 18.9. The molecule has 11 heteroatoms. The summed E-state index contributed by atoms with van der Waals surface area (Å²) in [5.74, 6) is 0.263. The van der Waals surface area contributed by atoms with Gasteiger partial charge < -0.3 is 9.63 Å². The predicted molar refractivity (Wildman–Crippen MR) is 100 cm³/mol. The lowest BCUT2D eigenvalue weighted by Gasteiger charge is -2.22. The van der Waals surface area contributed by atoms with Gasteiger partial charge in [0.15, 0.2) is 5.82 Å². The predicted octanol–water partition coefficient (Wildman–Crippen LogP) is 0.162. The summed E-state index contributed by atoms with van der Waals surface area (Å²) < 4.78 is 6.40. The molecule has 3 rings (SSSR count). The SMILES string of the molecule is [B]C([B])(O)n1ccc(=O)n(Cc2nc(/C=C/c3ccc(Cl)cc3)no2)c1=O. The van der Waals surface area contributed by atoms with Gasteiger partial charge in [-0.25, -0.2) is 4.79 Å². The van der Waals surface area contributed by atoms with Crippen molar-refractivity contribution >= 4 is 39.4 Å². The molecule has 4 radical (unpaired) electrons. The molecule has 2 aromatic heterocycles. The minimum atomic E-state index is -2.45. The van der Waals surface area contributed by atoms with Gasteiger partial charge in [0.05, 0.1) is 5.52 Å². The van der Waals surface area contributed by atoms with Crippen LogP contribution in [0.2, 0.25) is 5.02 Å². The highest BCUT2D eigenvalue weighted by molar-refractivity contribution is 6.36. The maximum Gasteiger partial charge on any atom is 0.332 e. The maximum absolute atomic E-state index is 12.3. The van der Waals surface area contributed by atoms with E-state index in [0.717, 1.165) is 22.4 Å². The smallest absolute Gasteiger partial charge is 0.332 e. The summed E-state index contributed by atoms with van der Waals surface area (Å²) in [5, 5.41) is 14.0. The highest BCUT2D eigenvalue weighted by atomic mass is 35.5. The van der Waals surface area contributed by atoms with Crippen LogP contribution >= 0.6 is 11.6 Å². The molecule has 0 saturated heterocycles. The van der Waals surface area contributed by atoms with E-state index in [9.17, 15) is 14.7 Å². The largest absolute Gasteiger partial charge is 0.389 e. The molecular formula is C16H11B2ClN4O4.